The van der Waals surface area contributed by atoms with Crippen molar-refractivity contribution >= 4 is 24.0 Å². The van der Waals surface area contributed by atoms with Gasteiger partial charge in [0.05, 0.1) is 23.3 Å². The van der Waals surface area contributed by atoms with Crippen LogP contribution in [-0.4, -0.2) is 39.4 Å². The van der Waals surface area contributed by atoms with Crippen molar-refractivity contribution < 1.29 is 9.13 Å². The Labute approximate surface area is 181 Å². The van der Waals surface area contributed by atoms with Gasteiger partial charge >= 0.3 is 5.69 Å². The Morgan fingerprint density at radius 3 is 2.87 bits per heavy atom. The first-order valence-electron chi connectivity index (χ1n) is 9.14. The summed E-state index contributed by atoms with van der Waals surface area (Å²) in [6.45, 7) is 2.05. The summed E-state index contributed by atoms with van der Waals surface area (Å²) < 4.78 is 21.5. The lowest BCUT2D eigenvalue weighted by Crippen LogP contribution is -2.32. The number of ether oxygens (including phenoxy) is 1. The summed E-state index contributed by atoms with van der Waals surface area (Å²) in [6.07, 6.45) is 1.26. The van der Waals surface area contributed by atoms with Crippen LogP contribution in [0.2, 0.25) is 5.02 Å². The molecule has 8 nitrogen and oxygen atoms in total. The van der Waals surface area contributed by atoms with E-state index in [9.17, 15) is 14.0 Å². The van der Waals surface area contributed by atoms with E-state index in [1.165, 1.54) is 12.1 Å². The molecule has 0 spiro atoms. The Hall–Kier alpha value is -2.46. The van der Waals surface area contributed by atoms with Gasteiger partial charge in [-0.05, 0) is 29.8 Å². The number of rotatable bonds is 4. The van der Waals surface area contributed by atoms with Crippen molar-refractivity contribution in [3.05, 3.63) is 73.8 Å². The largest absolute Gasteiger partial charge is 0.372 e. The fourth-order valence-electron chi connectivity index (χ4n) is 3.52. The van der Waals surface area contributed by atoms with Crippen molar-refractivity contribution in [2.45, 2.75) is 12.6 Å². The van der Waals surface area contributed by atoms with Gasteiger partial charge in [-0.15, -0.1) is 12.4 Å². The molecule has 2 aromatic heterocycles. The SMILES string of the molecule is Cl.O=c1[nH]nc(-c2cccn(C[C@@H]3CNCCO[C@H]3c3ccc(Cl)c(F)c3)c2=O)[nH]1. The third-order valence-electron chi connectivity index (χ3n) is 4.89. The molecular weight excluding hydrogens is 436 g/mol. The van der Waals surface area contributed by atoms with Crippen LogP contribution in [-0.2, 0) is 11.3 Å². The van der Waals surface area contributed by atoms with Gasteiger partial charge in [-0.25, -0.2) is 14.3 Å². The van der Waals surface area contributed by atoms with E-state index in [1.807, 2.05) is 0 Å². The maximum Gasteiger partial charge on any atom is 0.340 e. The average molecular weight is 456 g/mol. The van der Waals surface area contributed by atoms with Gasteiger partial charge in [-0.3, -0.25) is 9.78 Å². The number of aromatic nitrogens is 4. The quantitative estimate of drug-likeness (QED) is 0.558. The molecule has 3 aromatic rings. The average Bonchev–Trinajstić information content (AvgIpc) is 3.00. The minimum atomic E-state index is -0.509. The number of benzene rings is 1. The molecule has 1 aromatic carbocycles. The van der Waals surface area contributed by atoms with Gasteiger partial charge in [-0.2, -0.15) is 5.10 Å². The summed E-state index contributed by atoms with van der Waals surface area (Å²) in [6, 6.07) is 7.93. The van der Waals surface area contributed by atoms with Crippen molar-refractivity contribution in [2.24, 2.45) is 5.92 Å². The first-order chi connectivity index (χ1) is 14.0. The lowest BCUT2D eigenvalue weighted by molar-refractivity contribution is 0.0249. The molecule has 1 aliphatic rings. The molecule has 3 N–H and O–H groups in total. The molecule has 2 atom stereocenters. The molecule has 0 unspecified atom stereocenters. The van der Waals surface area contributed by atoms with Gasteiger partial charge in [0.25, 0.3) is 5.56 Å². The first-order valence-corrected chi connectivity index (χ1v) is 9.52. The van der Waals surface area contributed by atoms with Crippen molar-refractivity contribution in [3.63, 3.8) is 0 Å². The van der Waals surface area contributed by atoms with Crippen LogP contribution in [0.25, 0.3) is 11.4 Å². The molecule has 1 fully saturated rings. The van der Waals surface area contributed by atoms with E-state index >= 15 is 0 Å². The number of H-pyrrole nitrogens is 2. The predicted octanol–water partition coefficient (Wildman–Crippen LogP) is 2.12. The molecular formula is C19H20Cl2FN5O3. The smallest absolute Gasteiger partial charge is 0.340 e. The normalized spacial score (nSPS) is 19.1. The highest BCUT2D eigenvalue weighted by Gasteiger charge is 2.28. The number of pyridine rings is 1. The molecule has 1 saturated heterocycles. The summed E-state index contributed by atoms with van der Waals surface area (Å²) in [5.41, 5.74) is 0.172. The lowest BCUT2D eigenvalue weighted by atomic mass is 9.95. The van der Waals surface area contributed by atoms with Crippen LogP contribution in [0.3, 0.4) is 0 Å². The lowest BCUT2D eigenvalue weighted by Gasteiger charge is -2.26. The number of nitrogens with zero attached hydrogens (tertiary/aromatic N) is 2. The van der Waals surface area contributed by atoms with Crippen molar-refractivity contribution in [1.82, 2.24) is 25.1 Å². The fourth-order valence-corrected chi connectivity index (χ4v) is 3.64. The Bertz CT molecular complexity index is 1130. The van der Waals surface area contributed by atoms with E-state index in [4.69, 9.17) is 16.3 Å². The molecule has 0 bridgehead atoms. The zero-order chi connectivity index (χ0) is 20.4. The van der Waals surface area contributed by atoms with Gasteiger partial charge in [0.1, 0.15) is 5.82 Å². The van der Waals surface area contributed by atoms with Crippen molar-refractivity contribution in [1.29, 1.82) is 0 Å². The van der Waals surface area contributed by atoms with E-state index in [0.29, 0.717) is 31.8 Å². The molecule has 0 radical (unpaired) electrons. The molecule has 1 aliphatic heterocycles. The molecule has 30 heavy (non-hydrogen) atoms. The summed E-state index contributed by atoms with van der Waals surface area (Å²) in [5.74, 6) is -0.462. The topological polar surface area (TPSA) is 105 Å². The van der Waals surface area contributed by atoms with Crippen molar-refractivity contribution in [2.75, 3.05) is 19.7 Å². The van der Waals surface area contributed by atoms with Crippen LogP contribution < -0.4 is 16.6 Å². The molecule has 0 saturated carbocycles. The Morgan fingerprint density at radius 2 is 2.13 bits per heavy atom. The Kier molecular flexibility index (Phi) is 7.09. The third-order valence-corrected chi connectivity index (χ3v) is 5.20. The van der Waals surface area contributed by atoms with Gasteiger partial charge in [-0.1, -0.05) is 17.7 Å². The number of hydrogen-bond acceptors (Lipinski definition) is 5. The molecule has 4 rings (SSSR count). The summed E-state index contributed by atoms with van der Waals surface area (Å²) in [7, 11) is 0. The number of aromatic amines is 2. The minimum Gasteiger partial charge on any atom is -0.372 e. The second-order valence-corrected chi connectivity index (χ2v) is 7.24. The highest BCUT2D eigenvalue weighted by atomic mass is 35.5. The zero-order valence-corrected chi connectivity index (χ0v) is 17.3. The van der Waals surface area contributed by atoms with E-state index < -0.39 is 17.6 Å². The molecule has 11 heteroatoms. The maximum absolute atomic E-state index is 14.0. The van der Waals surface area contributed by atoms with Crippen LogP contribution in [0.1, 0.15) is 11.7 Å². The Morgan fingerprint density at radius 1 is 1.30 bits per heavy atom. The minimum absolute atomic E-state index is 0. The standard InChI is InChI=1S/C19H19ClFN5O3.ClH/c20-14-4-3-11(8-15(14)21)16-12(9-22-5-7-29-16)10-26-6-1-2-13(18(26)27)17-23-19(28)25-24-17;/h1-4,6,8,12,16,22H,5,7,9-10H2,(H2,23,24,25,28);1H/t12-,16-;/m0./s1. The van der Waals surface area contributed by atoms with Crippen LogP contribution in [0, 0.1) is 11.7 Å². The molecule has 160 valence electrons. The highest BCUT2D eigenvalue weighted by molar-refractivity contribution is 6.30. The van der Waals surface area contributed by atoms with E-state index in [1.54, 1.807) is 29.0 Å². The zero-order valence-electron chi connectivity index (χ0n) is 15.7. The second kappa shape index (κ2) is 9.57. The van der Waals surface area contributed by atoms with E-state index in [0.717, 1.165) is 0 Å². The van der Waals surface area contributed by atoms with E-state index in [-0.39, 0.29) is 40.3 Å². The molecule has 3 heterocycles. The monoisotopic (exact) mass is 455 g/mol. The predicted molar refractivity (Wildman–Crippen MR) is 113 cm³/mol. The summed E-state index contributed by atoms with van der Waals surface area (Å²) in [5, 5.41) is 9.43. The fraction of sp³-hybridized carbons (Fsp3) is 0.316. The third kappa shape index (κ3) is 4.65. The summed E-state index contributed by atoms with van der Waals surface area (Å²) in [4.78, 5) is 26.7. The summed E-state index contributed by atoms with van der Waals surface area (Å²) >= 11 is 5.81. The van der Waals surface area contributed by atoms with Crippen LogP contribution in [0.4, 0.5) is 4.39 Å². The van der Waals surface area contributed by atoms with E-state index in [2.05, 4.69) is 20.5 Å². The first kappa shape index (κ1) is 22.2. The second-order valence-electron chi connectivity index (χ2n) is 6.83. The number of halogens is 3. The Balaban J connectivity index is 0.00000256. The van der Waals surface area contributed by atoms with Crippen molar-refractivity contribution in [3.8, 4) is 11.4 Å². The van der Waals surface area contributed by atoms with Gasteiger partial charge in [0, 0.05) is 31.7 Å². The molecule has 0 aliphatic carbocycles. The van der Waals surface area contributed by atoms with Gasteiger partial charge < -0.3 is 14.6 Å². The van der Waals surface area contributed by atoms with Gasteiger partial charge in [0.2, 0.25) is 0 Å². The van der Waals surface area contributed by atoms with Crippen LogP contribution in [0.5, 0.6) is 0 Å². The van der Waals surface area contributed by atoms with Gasteiger partial charge in [0.15, 0.2) is 5.82 Å². The van der Waals surface area contributed by atoms with Crippen LogP contribution >= 0.6 is 24.0 Å². The van der Waals surface area contributed by atoms with Crippen LogP contribution in [0.15, 0.2) is 46.1 Å². The highest BCUT2D eigenvalue weighted by Crippen LogP contribution is 2.30. The molecule has 0 amide bonds. The maximum atomic E-state index is 14.0. The number of hydrogen-bond donors (Lipinski definition) is 3. The number of nitrogens with one attached hydrogen (secondary N) is 3.